The molecule has 0 aliphatic heterocycles. The molecule has 0 unspecified atom stereocenters. The van der Waals surface area contributed by atoms with E-state index in [1.165, 1.54) is 135 Å². The van der Waals surface area contributed by atoms with Gasteiger partial charge in [-0.25, -0.2) is 0 Å². The highest BCUT2D eigenvalue weighted by atomic mass is 32.2. The largest absolute Gasteiger partial charge is 0.861 e. The molecular weight excluding hydrogens is 511 g/mol. The van der Waals surface area contributed by atoms with E-state index < -0.39 is 21.4 Å². The van der Waals surface area contributed by atoms with Crippen molar-refractivity contribution in [1.29, 1.82) is 0 Å². The van der Waals surface area contributed by atoms with Crippen LogP contribution in [0, 0.1) is 0 Å². The van der Waals surface area contributed by atoms with E-state index in [0.717, 1.165) is 19.3 Å². The summed E-state index contributed by atoms with van der Waals surface area (Å²) in [5.74, 6) is -1.22. The van der Waals surface area contributed by atoms with Crippen LogP contribution >= 0.6 is 0 Å². The number of unbranched alkanes of at least 4 members (excludes halogenated alkanes) is 25. The Morgan fingerprint density at radius 2 is 0.763 bits per heavy atom. The number of halogens is 3. The molecule has 0 saturated heterocycles. The van der Waals surface area contributed by atoms with Crippen LogP contribution < -0.4 is 5.11 Å². The van der Waals surface area contributed by atoms with Crippen LogP contribution in [0.5, 0.6) is 0 Å². The summed E-state index contributed by atoms with van der Waals surface area (Å²) < 4.78 is 60.4. The molecule has 0 amide bonds. The molecule has 8 heteroatoms. The fourth-order valence-corrected chi connectivity index (χ4v) is 5.29. The minimum absolute atomic E-state index is 0.255. The van der Waals surface area contributed by atoms with Crippen LogP contribution in [0.2, 0.25) is 0 Å². The SMILES string of the molecule is CCCCCCCCCCCCCCCCCCCCCCCCCCCC/C([O-])=N/S(=O)(=O)C(F)(F)F. The van der Waals surface area contributed by atoms with E-state index in [0.29, 0.717) is 12.8 Å². The van der Waals surface area contributed by atoms with Crippen LogP contribution in [0.25, 0.3) is 0 Å². The molecule has 0 saturated carbocycles. The average Bonchev–Trinajstić information content (AvgIpc) is 2.85. The van der Waals surface area contributed by atoms with Crippen molar-refractivity contribution >= 4 is 15.9 Å². The molecule has 0 aromatic carbocycles. The average molecular weight is 569 g/mol. The van der Waals surface area contributed by atoms with Gasteiger partial charge in [-0.15, -0.1) is 0 Å². The quantitative estimate of drug-likeness (QED) is 0.0535. The zero-order chi connectivity index (χ0) is 28.4. The second-order valence-electron chi connectivity index (χ2n) is 11.0. The predicted molar refractivity (Wildman–Crippen MR) is 153 cm³/mol. The van der Waals surface area contributed by atoms with Crippen LogP contribution in [0.3, 0.4) is 0 Å². The molecule has 0 aliphatic rings. The fourth-order valence-electron chi connectivity index (χ4n) is 4.82. The summed E-state index contributed by atoms with van der Waals surface area (Å²) >= 11 is 0. The standard InChI is InChI=1S/C30H58F3NO3S/c1-2-3-4-5-6-7-8-9-10-11-12-13-14-15-16-17-18-19-20-21-22-23-24-25-26-27-28-29(35)34-38(36,37)30(31,32)33/h2-28H2,1H3,(H,34,35)/p-1. The van der Waals surface area contributed by atoms with E-state index >= 15 is 0 Å². The summed E-state index contributed by atoms with van der Waals surface area (Å²) in [4.78, 5) is 0. The second-order valence-corrected chi connectivity index (χ2v) is 12.6. The monoisotopic (exact) mass is 568 g/mol. The van der Waals surface area contributed by atoms with Gasteiger partial charge in [0.2, 0.25) is 0 Å². The summed E-state index contributed by atoms with van der Waals surface area (Å²) in [6, 6.07) is 0. The van der Waals surface area contributed by atoms with Crippen molar-refractivity contribution < 1.29 is 26.7 Å². The minimum atomic E-state index is -5.70. The lowest BCUT2D eigenvalue weighted by atomic mass is 10.0. The Kier molecular flexibility index (Phi) is 24.7. The first-order valence-electron chi connectivity index (χ1n) is 15.8. The van der Waals surface area contributed by atoms with Gasteiger partial charge in [0.15, 0.2) is 0 Å². The Balaban J connectivity index is 3.27. The van der Waals surface area contributed by atoms with Gasteiger partial charge in [-0.1, -0.05) is 167 Å². The van der Waals surface area contributed by atoms with Crippen LogP contribution in [-0.4, -0.2) is 19.8 Å². The number of sulfonamides is 1. The van der Waals surface area contributed by atoms with Crippen LogP contribution in [0.15, 0.2) is 4.40 Å². The first kappa shape index (κ1) is 37.2. The molecule has 0 spiro atoms. The van der Waals surface area contributed by atoms with Gasteiger partial charge < -0.3 is 5.11 Å². The lowest BCUT2D eigenvalue weighted by molar-refractivity contribution is -0.218. The smallest absolute Gasteiger partial charge is 0.518 e. The van der Waals surface area contributed by atoms with Crippen LogP contribution in [-0.2, 0) is 10.0 Å². The molecule has 4 nitrogen and oxygen atoms in total. The molecule has 38 heavy (non-hydrogen) atoms. The molecule has 0 fully saturated rings. The van der Waals surface area contributed by atoms with Gasteiger partial charge in [-0.05, 0) is 18.7 Å². The van der Waals surface area contributed by atoms with Gasteiger partial charge in [0, 0.05) is 0 Å². The lowest BCUT2D eigenvalue weighted by Gasteiger charge is -2.11. The normalized spacial score (nSPS) is 12.9. The number of hydrogen-bond donors (Lipinski definition) is 0. The number of nitrogens with zero attached hydrogens (tertiary/aromatic N) is 1. The van der Waals surface area contributed by atoms with Gasteiger partial charge in [-0.2, -0.15) is 26.0 Å². The second kappa shape index (κ2) is 25.2. The van der Waals surface area contributed by atoms with Gasteiger partial charge in [-0.3, -0.25) is 0 Å². The Morgan fingerprint density at radius 1 is 0.526 bits per heavy atom. The topological polar surface area (TPSA) is 69.6 Å². The highest BCUT2D eigenvalue weighted by Crippen LogP contribution is 2.24. The zero-order valence-corrected chi connectivity index (χ0v) is 25.1. The van der Waals surface area contributed by atoms with E-state index in [2.05, 4.69) is 11.3 Å². The number of hydrogen-bond acceptors (Lipinski definition) is 3. The van der Waals surface area contributed by atoms with E-state index in [1.54, 1.807) is 0 Å². The zero-order valence-electron chi connectivity index (χ0n) is 24.3. The van der Waals surface area contributed by atoms with Crippen molar-refractivity contribution in [3.8, 4) is 0 Å². The predicted octanol–water partition coefficient (Wildman–Crippen LogP) is 10.1. The third kappa shape index (κ3) is 24.3. The molecule has 0 N–H and O–H groups in total. The van der Waals surface area contributed by atoms with E-state index in [1.807, 2.05) is 0 Å². The molecule has 0 aliphatic carbocycles. The summed E-state index contributed by atoms with van der Waals surface area (Å²) in [6.45, 7) is 2.27. The summed E-state index contributed by atoms with van der Waals surface area (Å²) in [7, 11) is -5.70. The highest BCUT2D eigenvalue weighted by molar-refractivity contribution is 7.91. The third-order valence-corrected chi connectivity index (χ3v) is 8.29. The lowest BCUT2D eigenvalue weighted by Crippen LogP contribution is -2.26. The molecule has 0 aromatic heterocycles. The maximum atomic E-state index is 12.2. The van der Waals surface area contributed by atoms with Gasteiger partial charge in [0.25, 0.3) is 0 Å². The van der Waals surface area contributed by atoms with E-state index in [9.17, 15) is 26.7 Å². The molecular formula is C30H57F3NO3S-. The van der Waals surface area contributed by atoms with Crippen molar-refractivity contribution in [3.05, 3.63) is 0 Å². The van der Waals surface area contributed by atoms with E-state index in [4.69, 9.17) is 0 Å². The van der Waals surface area contributed by atoms with Crippen molar-refractivity contribution in [3.63, 3.8) is 0 Å². The molecule has 228 valence electrons. The molecule has 0 heterocycles. The third-order valence-electron chi connectivity index (χ3n) is 7.26. The summed E-state index contributed by atoms with van der Waals surface area (Å²) in [5, 5.41) is 11.3. The molecule has 0 atom stereocenters. The van der Waals surface area contributed by atoms with Crippen molar-refractivity contribution in [1.82, 2.24) is 0 Å². The molecule has 0 aromatic rings. The fraction of sp³-hybridized carbons (Fsp3) is 0.967. The maximum absolute atomic E-state index is 12.2. The minimum Gasteiger partial charge on any atom is -0.861 e. The molecule has 0 radical (unpaired) electrons. The highest BCUT2D eigenvalue weighted by Gasteiger charge is 2.45. The first-order valence-corrected chi connectivity index (χ1v) is 17.2. The van der Waals surface area contributed by atoms with Crippen molar-refractivity contribution in [2.45, 2.75) is 186 Å². The Morgan fingerprint density at radius 3 is 1.00 bits per heavy atom. The Labute approximate surface area is 232 Å². The van der Waals surface area contributed by atoms with Crippen LogP contribution in [0.4, 0.5) is 13.2 Å². The Bertz CT molecular complexity index is 652. The van der Waals surface area contributed by atoms with Gasteiger partial charge in [0.1, 0.15) is 0 Å². The Hall–Kier alpha value is -0.790. The van der Waals surface area contributed by atoms with Gasteiger partial charge in [0.05, 0.1) is 0 Å². The summed E-state index contributed by atoms with van der Waals surface area (Å²) in [5.41, 5.74) is -5.51. The summed E-state index contributed by atoms with van der Waals surface area (Å²) in [6.07, 6.45) is 32.7. The van der Waals surface area contributed by atoms with Gasteiger partial charge >= 0.3 is 15.5 Å². The van der Waals surface area contributed by atoms with E-state index in [-0.39, 0.29) is 6.42 Å². The first-order chi connectivity index (χ1) is 18.2. The maximum Gasteiger partial charge on any atom is 0.518 e. The number of rotatable bonds is 28. The van der Waals surface area contributed by atoms with Crippen molar-refractivity contribution in [2.24, 2.45) is 4.40 Å². The molecule has 0 rings (SSSR count). The van der Waals surface area contributed by atoms with Crippen LogP contribution in [0.1, 0.15) is 180 Å². The molecule has 0 bridgehead atoms. The number of alkyl halides is 3. The van der Waals surface area contributed by atoms with Crippen molar-refractivity contribution in [2.75, 3.05) is 0 Å².